The Kier molecular flexibility index (Phi) is 5.30. The number of nitrogens with zero attached hydrogens (tertiary/aromatic N) is 1. The van der Waals surface area contributed by atoms with Crippen LogP contribution in [0.2, 0.25) is 0 Å². The van der Waals surface area contributed by atoms with Gasteiger partial charge in [-0.3, -0.25) is 0 Å². The van der Waals surface area contributed by atoms with Crippen molar-refractivity contribution in [1.29, 1.82) is 0 Å². The molecule has 0 fully saturated rings. The molecule has 6 nitrogen and oxygen atoms in total. The van der Waals surface area contributed by atoms with Gasteiger partial charge in [0.2, 0.25) is 17.2 Å². The monoisotopic (exact) mass is 443 g/mol. The first-order valence-electron chi connectivity index (χ1n) is 10.4. The van der Waals surface area contributed by atoms with E-state index in [1.165, 1.54) is 16.2 Å². The maximum absolute atomic E-state index is 10.6. The number of benzene rings is 3. The van der Waals surface area contributed by atoms with Crippen LogP contribution < -0.4 is 0 Å². The number of aromatic nitrogens is 1. The van der Waals surface area contributed by atoms with Crippen LogP contribution in [0.5, 0.6) is 28.7 Å². The highest BCUT2D eigenvalue weighted by atomic mass is 16.4. The first-order valence-corrected chi connectivity index (χ1v) is 10.4. The maximum Gasteiger partial charge on any atom is 0.208 e. The third-order valence-electron chi connectivity index (χ3n) is 5.92. The highest BCUT2D eigenvalue weighted by Crippen LogP contribution is 2.53. The van der Waals surface area contributed by atoms with Crippen molar-refractivity contribution in [2.75, 3.05) is 0 Å². The molecule has 0 bridgehead atoms. The molecule has 0 radical (unpaired) electrons. The topological polar surface area (TPSA) is 106 Å². The molecular weight excluding hydrogens is 418 g/mol. The fourth-order valence-corrected chi connectivity index (χ4v) is 4.11. The molecule has 1 aromatic heterocycles. The lowest BCUT2D eigenvalue weighted by atomic mass is 9.98. The van der Waals surface area contributed by atoms with Crippen LogP contribution in [0.25, 0.3) is 39.9 Å². The Hall–Kier alpha value is -4.32. The normalized spacial score (nSPS) is 11.2. The summed E-state index contributed by atoms with van der Waals surface area (Å²) in [6.45, 7) is 12.0. The number of hydrogen-bond acceptors (Lipinski definition) is 5. The van der Waals surface area contributed by atoms with Crippen molar-refractivity contribution >= 4 is 23.1 Å². The Labute approximate surface area is 191 Å². The average Bonchev–Trinajstić information content (AvgIpc) is 3.14. The highest BCUT2D eigenvalue weighted by molar-refractivity contribution is 5.98. The van der Waals surface area contributed by atoms with Gasteiger partial charge in [0.25, 0.3) is 0 Å². The van der Waals surface area contributed by atoms with Crippen molar-refractivity contribution < 1.29 is 25.5 Å². The maximum atomic E-state index is 10.6. The van der Waals surface area contributed by atoms with Gasteiger partial charge in [-0.1, -0.05) is 69.5 Å². The lowest BCUT2D eigenvalue weighted by Gasteiger charge is -2.16. The van der Waals surface area contributed by atoms with E-state index >= 15 is 0 Å². The molecule has 5 N–H and O–H groups in total. The van der Waals surface area contributed by atoms with E-state index in [0.717, 1.165) is 16.5 Å². The predicted molar refractivity (Wildman–Crippen MR) is 131 cm³/mol. The zero-order valence-corrected chi connectivity index (χ0v) is 18.4. The minimum atomic E-state index is -1.01. The molecule has 0 aliphatic carbocycles. The second kappa shape index (κ2) is 7.98. The number of phenolic OH excluding ortho intramolecular Hbond substituents is 5. The fourth-order valence-electron chi connectivity index (χ4n) is 4.11. The van der Waals surface area contributed by atoms with Gasteiger partial charge in [0, 0.05) is 10.9 Å². The second-order valence-corrected chi connectivity index (χ2v) is 8.14. The van der Waals surface area contributed by atoms with Crippen LogP contribution in [0.15, 0.2) is 55.6 Å². The van der Waals surface area contributed by atoms with E-state index in [9.17, 15) is 25.5 Å². The van der Waals surface area contributed by atoms with Crippen molar-refractivity contribution in [3.63, 3.8) is 0 Å². The number of phenols is 5. The quantitative estimate of drug-likeness (QED) is 0.186. The van der Waals surface area contributed by atoms with Crippen LogP contribution >= 0.6 is 0 Å². The summed E-state index contributed by atoms with van der Waals surface area (Å²) in [5.41, 5.74) is 4.52. The molecule has 0 amide bonds. The van der Waals surface area contributed by atoms with Crippen molar-refractivity contribution in [3.05, 3.63) is 72.4 Å². The molecule has 0 saturated carbocycles. The number of aromatic hydroxyl groups is 5. The molecule has 4 aromatic rings. The smallest absolute Gasteiger partial charge is 0.208 e. The van der Waals surface area contributed by atoms with Crippen molar-refractivity contribution in [2.24, 2.45) is 0 Å². The molecule has 1 heterocycles. The summed E-state index contributed by atoms with van der Waals surface area (Å²) in [5.74, 6) is -4.07. The van der Waals surface area contributed by atoms with Gasteiger partial charge >= 0.3 is 0 Å². The van der Waals surface area contributed by atoms with Gasteiger partial charge in [-0.2, -0.15) is 0 Å². The van der Waals surface area contributed by atoms with E-state index in [-0.39, 0.29) is 5.69 Å². The summed E-state index contributed by atoms with van der Waals surface area (Å²) in [6, 6.07) is 13.9. The third kappa shape index (κ3) is 3.27. The molecule has 0 unspecified atom stereocenters. The molecule has 0 aliphatic heterocycles. The summed E-state index contributed by atoms with van der Waals surface area (Å²) in [7, 11) is 0. The largest absolute Gasteiger partial charge is 0.503 e. The molecule has 0 saturated heterocycles. The third-order valence-corrected chi connectivity index (χ3v) is 5.92. The lowest BCUT2D eigenvalue weighted by Crippen LogP contribution is -1.99. The first kappa shape index (κ1) is 21.9. The Bertz CT molecular complexity index is 1380. The molecule has 3 aromatic carbocycles. The second-order valence-electron chi connectivity index (χ2n) is 8.14. The van der Waals surface area contributed by atoms with Gasteiger partial charge in [-0.15, -0.1) is 0 Å². The molecule has 33 heavy (non-hydrogen) atoms. The lowest BCUT2D eigenvalue weighted by molar-refractivity contribution is 0.327. The summed E-state index contributed by atoms with van der Waals surface area (Å²) in [5, 5.41) is 52.0. The molecule has 0 spiro atoms. The number of hydrogen-bond donors (Lipinski definition) is 5. The minimum absolute atomic E-state index is 0.289. The Morgan fingerprint density at radius 2 is 1.27 bits per heavy atom. The molecule has 0 aliphatic rings. The number of fused-ring (bicyclic) bond motifs is 1. The Morgan fingerprint density at radius 1 is 0.727 bits per heavy atom. The first-order chi connectivity index (χ1) is 15.7. The number of rotatable bonds is 5. The van der Waals surface area contributed by atoms with Crippen molar-refractivity contribution in [2.45, 2.75) is 19.8 Å². The van der Waals surface area contributed by atoms with Crippen LogP contribution in [0.3, 0.4) is 0 Å². The van der Waals surface area contributed by atoms with Gasteiger partial charge in [0.05, 0.1) is 11.2 Å². The Morgan fingerprint density at radius 3 is 1.79 bits per heavy atom. The molecule has 6 heteroatoms. The average molecular weight is 443 g/mol. The summed E-state index contributed by atoms with van der Waals surface area (Å²) in [6.07, 6.45) is 3.15. The summed E-state index contributed by atoms with van der Waals surface area (Å²) >= 11 is 0. The van der Waals surface area contributed by atoms with Crippen molar-refractivity contribution in [1.82, 2.24) is 4.57 Å². The van der Waals surface area contributed by atoms with Crippen LogP contribution in [0.4, 0.5) is 0 Å². The SMILES string of the molecule is C=Cc1c(C=C)n(-c2c(O)c(O)c(O)c(O)c2O)c2cc(-c3ccc(C(C)C)cc3)ccc12. The van der Waals surface area contributed by atoms with Gasteiger partial charge in [0.15, 0.2) is 11.5 Å². The molecular formula is C27H25NO5. The van der Waals surface area contributed by atoms with Crippen LogP contribution in [-0.2, 0) is 0 Å². The van der Waals surface area contributed by atoms with Gasteiger partial charge in [-0.05, 0) is 34.8 Å². The zero-order chi connectivity index (χ0) is 24.0. The van der Waals surface area contributed by atoms with Gasteiger partial charge < -0.3 is 30.1 Å². The van der Waals surface area contributed by atoms with Crippen LogP contribution in [-0.4, -0.2) is 30.1 Å². The van der Waals surface area contributed by atoms with Crippen LogP contribution in [0, 0.1) is 0 Å². The van der Waals surface area contributed by atoms with Crippen LogP contribution in [0.1, 0.15) is 36.6 Å². The van der Waals surface area contributed by atoms with E-state index in [2.05, 4.69) is 39.1 Å². The fraction of sp³-hybridized carbons (Fsp3) is 0.111. The summed E-state index contributed by atoms with van der Waals surface area (Å²) in [4.78, 5) is 0. The van der Waals surface area contributed by atoms with E-state index in [4.69, 9.17) is 0 Å². The zero-order valence-electron chi connectivity index (χ0n) is 18.4. The molecule has 0 atom stereocenters. The van der Waals surface area contributed by atoms with E-state index in [0.29, 0.717) is 22.7 Å². The highest BCUT2D eigenvalue weighted by Gasteiger charge is 2.27. The standard InChI is InChI=1S/C27H25NO5/c1-5-18-19-12-11-17(16-9-7-15(8-10-16)14(3)4)13-21(19)28(20(18)6-2)22-23(29)25(31)27(33)26(32)24(22)30/h5-14,29-33H,1-2H2,3-4H3. The van der Waals surface area contributed by atoms with Gasteiger partial charge in [-0.25, -0.2) is 0 Å². The summed E-state index contributed by atoms with van der Waals surface area (Å²) < 4.78 is 1.47. The minimum Gasteiger partial charge on any atom is -0.503 e. The molecule has 168 valence electrons. The van der Waals surface area contributed by atoms with Gasteiger partial charge in [0.1, 0.15) is 5.69 Å². The Balaban J connectivity index is 2.07. The molecule has 4 rings (SSSR count). The predicted octanol–water partition coefficient (Wildman–Crippen LogP) is 6.23. The van der Waals surface area contributed by atoms with E-state index < -0.39 is 28.7 Å². The van der Waals surface area contributed by atoms with E-state index in [1.54, 1.807) is 6.08 Å². The van der Waals surface area contributed by atoms with Crippen molar-refractivity contribution in [3.8, 4) is 45.6 Å². The van der Waals surface area contributed by atoms with E-state index in [1.807, 2.05) is 30.3 Å².